The number of nitrogens with zero attached hydrogens (tertiary/aromatic N) is 1. The number of rotatable bonds is 3. The molecule has 1 aliphatic rings. The Kier molecular flexibility index (Phi) is 4.52. The van der Waals surface area contributed by atoms with Crippen molar-refractivity contribution in [3.05, 3.63) is 10.5 Å². The Hall–Kier alpha value is 0.0500. The van der Waals surface area contributed by atoms with Crippen molar-refractivity contribution in [1.82, 2.24) is 4.90 Å². The van der Waals surface area contributed by atoms with Crippen LogP contribution in [0.4, 0.5) is 0 Å². The molecule has 1 rings (SSSR count). The third-order valence-corrected chi connectivity index (χ3v) is 3.93. The molecule has 0 N–H and O–H groups in total. The van der Waals surface area contributed by atoms with E-state index in [-0.39, 0.29) is 0 Å². The molecule has 0 amide bonds. The van der Waals surface area contributed by atoms with E-state index < -0.39 is 0 Å². The Morgan fingerprint density at radius 2 is 1.86 bits per heavy atom. The third kappa shape index (κ3) is 2.77. The summed E-state index contributed by atoms with van der Waals surface area (Å²) in [6.45, 7) is 11.6. The van der Waals surface area contributed by atoms with Crippen molar-refractivity contribution in [3.8, 4) is 0 Å². The maximum Gasteiger partial charge on any atom is 0.0295 e. The molecule has 0 aliphatic carbocycles. The van der Waals surface area contributed by atoms with Gasteiger partial charge in [-0.15, -0.1) is 11.8 Å². The molecule has 0 bridgehead atoms. The highest BCUT2D eigenvalue weighted by atomic mass is 32.2. The zero-order valence-corrected chi connectivity index (χ0v) is 10.9. The topological polar surface area (TPSA) is 3.24 Å². The Labute approximate surface area is 92.9 Å². The van der Waals surface area contributed by atoms with Gasteiger partial charge in [-0.3, -0.25) is 4.90 Å². The molecule has 0 aromatic carbocycles. The lowest BCUT2D eigenvalue weighted by molar-refractivity contribution is 0.233. The summed E-state index contributed by atoms with van der Waals surface area (Å²) in [4.78, 5) is 4.18. The van der Waals surface area contributed by atoms with Crippen LogP contribution in [0.2, 0.25) is 0 Å². The van der Waals surface area contributed by atoms with Crippen LogP contribution in [0.15, 0.2) is 10.5 Å². The van der Waals surface area contributed by atoms with Crippen molar-refractivity contribution in [1.29, 1.82) is 0 Å². The van der Waals surface area contributed by atoms with Gasteiger partial charge < -0.3 is 0 Å². The monoisotopic (exact) mass is 213 g/mol. The van der Waals surface area contributed by atoms with Crippen molar-refractivity contribution in [2.45, 2.75) is 40.2 Å². The highest BCUT2D eigenvalue weighted by Crippen LogP contribution is 2.30. The predicted molar refractivity (Wildman–Crippen MR) is 66.7 cm³/mol. The highest BCUT2D eigenvalue weighted by molar-refractivity contribution is 8.02. The van der Waals surface area contributed by atoms with Crippen molar-refractivity contribution in [2.75, 3.05) is 19.3 Å². The van der Waals surface area contributed by atoms with Gasteiger partial charge in [-0.2, -0.15) is 0 Å². The first-order chi connectivity index (χ1) is 6.56. The fourth-order valence-electron chi connectivity index (χ4n) is 2.02. The zero-order chi connectivity index (χ0) is 10.7. The van der Waals surface area contributed by atoms with E-state index in [0.29, 0.717) is 6.04 Å². The summed E-state index contributed by atoms with van der Waals surface area (Å²) in [5.41, 5.74) is 1.69. The molecule has 1 nitrogen and oxygen atoms in total. The van der Waals surface area contributed by atoms with Crippen LogP contribution in [-0.4, -0.2) is 30.3 Å². The van der Waals surface area contributed by atoms with Crippen LogP contribution in [-0.2, 0) is 0 Å². The Bertz CT molecular complexity index is 218. The second-order valence-electron chi connectivity index (χ2n) is 4.62. The van der Waals surface area contributed by atoms with Gasteiger partial charge in [-0.25, -0.2) is 0 Å². The summed E-state index contributed by atoms with van der Waals surface area (Å²) in [5, 5.41) is 0. The lowest BCUT2D eigenvalue weighted by Gasteiger charge is -2.34. The van der Waals surface area contributed by atoms with Gasteiger partial charge in [0.2, 0.25) is 0 Å². The average molecular weight is 213 g/mol. The lowest BCUT2D eigenvalue weighted by atomic mass is 9.96. The van der Waals surface area contributed by atoms with Gasteiger partial charge in [0.25, 0.3) is 0 Å². The van der Waals surface area contributed by atoms with E-state index in [1.54, 1.807) is 10.5 Å². The molecule has 14 heavy (non-hydrogen) atoms. The minimum atomic E-state index is 0.686. The lowest BCUT2D eigenvalue weighted by Crippen LogP contribution is -2.37. The van der Waals surface area contributed by atoms with Crippen LogP contribution >= 0.6 is 11.8 Å². The number of hydrogen-bond acceptors (Lipinski definition) is 2. The smallest absolute Gasteiger partial charge is 0.0295 e. The van der Waals surface area contributed by atoms with E-state index in [1.165, 1.54) is 19.5 Å². The maximum absolute atomic E-state index is 2.57. The molecule has 1 aliphatic heterocycles. The van der Waals surface area contributed by atoms with E-state index in [0.717, 1.165) is 5.92 Å². The average Bonchev–Trinajstić information content (AvgIpc) is 2.16. The first kappa shape index (κ1) is 12.1. The Morgan fingerprint density at radius 1 is 1.21 bits per heavy atom. The minimum Gasteiger partial charge on any atom is -0.296 e. The van der Waals surface area contributed by atoms with Crippen molar-refractivity contribution in [2.24, 2.45) is 5.92 Å². The highest BCUT2D eigenvalue weighted by Gasteiger charge is 2.21. The molecule has 0 unspecified atom stereocenters. The molecule has 0 aromatic rings. The summed E-state index contributed by atoms with van der Waals surface area (Å²) in [6.07, 6.45) is 3.48. The molecule has 0 radical (unpaired) electrons. The van der Waals surface area contributed by atoms with Crippen LogP contribution in [0, 0.1) is 5.92 Å². The van der Waals surface area contributed by atoms with Crippen molar-refractivity contribution in [3.63, 3.8) is 0 Å². The molecular weight excluding hydrogens is 190 g/mol. The molecule has 0 saturated carbocycles. The van der Waals surface area contributed by atoms with Gasteiger partial charge in [0.15, 0.2) is 0 Å². The van der Waals surface area contributed by atoms with E-state index in [2.05, 4.69) is 38.9 Å². The maximum atomic E-state index is 2.57. The standard InChI is InChI=1S/C12H23NS/c1-9(2)11-6-7-13(10(3)4)8-12(11)14-5/h9-10H,6-8H2,1-5H3. The third-order valence-electron chi connectivity index (χ3n) is 3.05. The van der Waals surface area contributed by atoms with Crippen LogP contribution in [0.1, 0.15) is 34.1 Å². The summed E-state index contributed by atoms with van der Waals surface area (Å²) in [7, 11) is 0. The first-order valence-corrected chi connectivity index (χ1v) is 6.78. The summed E-state index contributed by atoms with van der Waals surface area (Å²) in [5.74, 6) is 0.728. The second kappa shape index (κ2) is 5.22. The van der Waals surface area contributed by atoms with Gasteiger partial charge in [0.1, 0.15) is 0 Å². The fraction of sp³-hybridized carbons (Fsp3) is 0.833. The SMILES string of the molecule is CSC1=C(C(C)C)CCN(C(C)C)C1. The Balaban J connectivity index is 2.75. The van der Waals surface area contributed by atoms with E-state index in [4.69, 9.17) is 0 Å². The first-order valence-electron chi connectivity index (χ1n) is 5.56. The summed E-state index contributed by atoms with van der Waals surface area (Å²) < 4.78 is 0. The minimum absolute atomic E-state index is 0.686. The van der Waals surface area contributed by atoms with Crippen LogP contribution in [0.5, 0.6) is 0 Å². The molecule has 1 heterocycles. The molecule has 0 saturated heterocycles. The molecule has 0 atom stereocenters. The molecular formula is C12H23NS. The summed E-state index contributed by atoms with van der Waals surface area (Å²) in [6, 6.07) is 0.686. The van der Waals surface area contributed by atoms with Gasteiger partial charge in [0.05, 0.1) is 0 Å². The normalized spacial score (nSPS) is 19.9. The quantitative estimate of drug-likeness (QED) is 0.707. The predicted octanol–water partition coefficient (Wildman–Crippen LogP) is 3.37. The fourth-order valence-corrected chi connectivity index (χ4v) is 2.91. The van der Waals surface area contributed by atoms with Gasteiger partial charge in [0, 0.05) is 19.1 Å². The largest absolute Gasteiger partial charge is 0.296 e. The van der Waals surface area contributed by atoms with E-state index in [9.17, 15) is 0 Å². The zero-order valence-electron chi connectivity index (χ0n) is 10.1. The van der Waals surface area contributed by atoms with Crippen LogP contribution in [0.25, 0.3) is 0 Å². The number of thioether (sulfide) groups is 1. The van der Waals surface area contributed by atoms with Gasteiger partial charge >= 0.3 is 0 Å². The molecule has 2 heteroatoms. The van der Waals surface area contributed by atoms with Crippen molar-refractivity contribution >= 4 is 11.8 Å². The molecule has 82 valence electrons. The summed E-state index contributed by atoms with van der Waals surface area (Å²) >= 11 is 1.94. The molecule has 0 aromatic heterocycles. The molecule has 0 fully saturated rings. The number of hydrogen-bond donors (Lipinski definition) is 0. The Morgan fingerprint density at radius 3 is 2.29 bits per heavy atom. The van der Waals surface area contributed by atoms with E-state index >= 15 is 0 Å². The second-order valence-corrected chi connectivity index (χ2v) is 5.52. The molecule has 0 spiro atoms. The van der Waals surface area contributed by atoms with Crippen LogP contribution in [0.3, 0.4) is 0 Å². The van der Waals surface area contributed by atoms with Crippen LogP contribution < -0.4 is 0 Å². The van der Waals surface area contributed by atoms with E-state index in [1.807, 2.05) is 11.8 Å². The van der Waals surface area contributed by atoms with Crippen molar-refractivity contribution < 1.29 is 0 Å². The van der Waals surface area contributed by atoms with Gasteiger partial charge in [-0.1, -0.05) is 19.4 Å². The van der Waals surface area contributed by atoms with Gasteiger partial charge in [-0.05, 0) is 37.3 Å².